The summed E-state index contributed by atoms with van der Waals surface area (Å²) in [6.45, 7) is 39.5. The summed E-state index contributed by atoms with van der Waals surface area (Å²) >= 11 is 44.7. The normalized spacial score (nSPS) is 28.5. The Morgan fingerprint density at radius 3 is 1.48 bits per heavy atom. The molecule has 0 saturated heterocycles. The first-order chi connectivity index (χ1) is 68.4. The van der Waals surface area contributed by atoms with Gasteiger partial charge < -0.3 is 37.9 Å². The number of ether oxygens (including phenoxy) is 8. The maximum Gasteiger partial charge on any atom is 0.135 e. The van der Waals surface area contributed by atoms with Crippen molar-refractivity contribution in [1.82, 2.24) is 0 Å². The van der Waals surface area contributed by atoms with Gasteiger partial charge in [0.2, 0.25) is 0 Å². The van der Waals surface area contributed by atoms with Crippen molar-refractivity contribution in [1.29, 1.82) is 0 Å². The van der Waals surface area contributed by atoms with E-state index in [0.717, 1.165) is 193 Å². The summed E-state index contributed by atoms with van der Waals surface area (Å²) in [6.07, 6.45) is 68.3. The van der Waals surface area contributed by atoms with Gasteiger partial charge in [0.1, 0.15) is 51.3 Å². The van der Waals surface area contributed by atoms with Crippen molar-refractivity contribution in [3.05, 3.63) is 115 Å². The van der Waals surface area contributed by atoms with Crippen LogP contribution in [0.2, 0.25) is 0 Å². The average Bonchev–Trinajstić information content (AvgIpc) is 1.70. The SMILES string of the molecule is CC(C)(C)CC(Cl)OCc1ccccc1.CC(C)(C)COC(Cl)CC(C)(C)C.CC(C)(CC(Cl)OC1C2CC3CC(C2)CC1C3)C1CCCCC1.CC(C)CC(Cl)OCC1CCC(C)CC1.CC(C)CCC(Cl)OC1CC2CC1C1CCCC21.ClC(CC1(C2CCCCC2)CCCCC1)OCCC1CCCCC1.ClC(CC1CCC2CCCCC2C1)OCCOc1c(-c2ccccc2)cccc1-c1ccccc1. The summed E-state index contributed by atoms with van der Waals surface area (Å²) < 4.78 is 48.1. The van der Waals surface area contributed by atoms with Gasteiger partial charge in [-0.05, 0) is 330 Å². The summed E-state index contributed by atoms with van der Waals surface area (Å²) in [5, 5.41) is 0. The van der Waals surface area contributed by atoms with Gasteiger partial charge in [0.15, 0.2) is 0 Å². The summed E-state index contributed by atoms with van der Waals surface area (Å²) in [5.74, 6) is 16.8. The Morgan fingerprint density at radius 1 is 0.364 bits per heavy atom. The Morgan fingerprint density at radius 2 is 0.902 bits per heavy atom. The van der Waals surface area contributed by atoms with E-state index in [2.05, 4.69) is 178 Å². The van der Waals surface area contributed by atoms with Gasteiger partial charge in [0, 0.05) is 17.7 Å². The van der Waals surface area contributed by atoms with E-state index in [1.165, 1.54) is 276 Å². The number of hydrogen-bond donors (Lipinski definition) is 0. The predicted molar refractivity (Wildman–Crippen MR) is 612 cm³/mol. The van der Waals surface area contributed by atoms with E-state index in [0.29, 0.717) is 54.7 Å². The maximum atomic E-state index is 6.75. The summed E-state index contributed by atoms with van der Waals surface area (Å²) in [6, 6.07) is 37.3. The number of para-hydroxylation sites is 1. The number of hydrogen-bond acceptors (Lipinski definition) is 8. The molecule has 0 heterocycles. The van der Waals surface area contributed by atoms with Crippen LogP contribution in [0.15, 0.2) is 109 Å². The largest absolute Gasteiger partial charge is 0.490 e. The van der Waals surface area contributed by atoms with Crippen LogP contribution in [-0.4, -0.2) is 84.2 Å². The van der Waals surface area contributed by atoms with E-state index in [1.807, 2.05) is 42.5 Å². The lowest BCUT2D eigenvalue weighted by Gasteiger charge is -2.54. The van der Waals surface area contributed by atoms with Crippen LogP contribution in [0, 0.1) is 134 Å². The molecule has 18 rings (SSSR count). The average molecular weight is 2120 g/mol. The Labute approximate surface area is 911 Å². The quantitative estimate of drug-likeness (QED) is 0.0325. The molecule has 15 atom stereocenters. The van der Waals surface area contributed by atoms with E-state index >= 15 is 0 Å². The summed E-state index contributed by atoms with van der Waals surface area (Å²) in [7, 11) is 0. The molecule has 14 saturated carbocycles. The van der Waals surface area contributed by atoms with Crippen molar-refractivity contribution in [3.63, 3.8) is 0 Å². The first kappa shape index (κ1) is 122. The van der Waals surface area contributed by atoms with E-state index in [4.69, 9.17) is 119 Å². The highest BCUT2D eigenvalue weighted by atomic mass is 35.5. The molecule has 8 nitrogen and oxygen atoms in total. The van der Waals surface area contributed by atoms with Gasteiger partial charge in [-0.25, -0.2) is 0 Å². The van der Waals surface area contributed by atoms with Gasteiger partial charge in [0.05, 0.1) is 38.6 Å². The molecule has 0 aliphatic heterocycles. The van der Waals surface area contributed by atoms with E-state index < -0.39 is 0 Å². The fourth-order valence-corrected chi connectivity index (χ4v) is 31.2. The minimum Gasteiger partial charge on any atom is -0.490 e. The molecular weight excluding hydrogens is 1910 g/mol. The van der Waals surface area contributed by atoms with Crippen LogP contribution in [0.1, 0.15) is 437 Å². The van der Waals surface area contributed by atoms with Gasteiger partial charge in [-0.15, -0.1) is 0 Å². The second-order valence-electron chi connectivity index (χ2n) is 53.0. The molecular formula is C128H205Cl7O8. The number of rotatable bonds is 38. The first-order valence-electron chi connectivity index (χ1n) is 59.1. The van der Waals surface area contributed by atoms with Gasteiger partial charge >= 0.3 is 0 Å². The Kier molecular flexibility index (Phi) is 52.9. The zero-order valence-electron chi connectivity index (χ0n) is 93.0. The van der Waals surface area contributed by atoms with Crippen LogP contribution < -0.4 is 4.74 Å². The highest BCUT2D eigenvalue weighted by Gasteiger charge is 2.55. The van der Waals surface area contributed by atoms with Crippen molar-refractivity contribution in [3.8, 4) is 28.0 Å². The molecule has 0 aromatic heterocycles. The molecule has 143 heavy (non-hydrogen) atoms. The second-order valence-corrected chi connectivity index (χ2v) is 56.4. The number of benzene rings is 4. The van der Waals surface area contributed by atoms with Crippen LogP contribution in [0.4, 0.5) is 0 Å². The molecule has 4 aromatic carbocycles. The third-order valence-corrected chi connectivity index (χ3v) is 37.8. The molecule has 0 radical (unpaired) electrons. The molecule has 14 aliphatic rings. The molecule has 14 aliphatic carbocycles. The van der Waals surface area contributed by atoms with Gasteiger partial charge in [-0.1, -0.05) is 442 Å². The highest BCUT2D eigenvalue weighted by molar-refractivity contribution is 6.21. The number of alkyl halides is 7. The monoisotopic (exact) mass is 2120 g/mol. The van der Waals surface area contributed by atoms with Crippen molar-refractivity contribution in [2.75, 3.05) is 33.0 Å². The zero-order chi connectivity index (χ0) is 103. The Balaban J connectivity index is 0.000000164. The van der Waals surface area contributed by atoms with Crippen LogP contribution in [0.3, 0.4) is 0 Å². The molecule has 15 unspecified atom stereocenters. The topological polar surface area (TPSA) is 73.8 Å². The minimum atomic E-state index is -0.235. The molecule has 6 bridgehead atoms. The zero-order valence-corrected chi connectivity index (χ0v) is 98.3. The van der Waals surface area contributed by atoms with Gasteiger partial charge in [-0.2, -0.15) is 0 Å². The fraction of sp³-hybridized carbons (Fsp3) is 0.812. The van der Waals surface area contributed by atoms with Crippen LogP contribution in [0.5, 0.6) is 5.75 Å². The molecule has 814 valence electrons. The third kappa shape index (κ3) is 43.6. The Hall–Kier alpha value is -1.57. The summed E-state index contributed by atoms with van der Waals surface area (Å²) in [5.41, 5.74) is 6.31. The fourth-order valence-electron chi connectivity index (χ4n) is 28.2. The van der Waals surface area contributed by atoms with Crippen molar-refractivity contribution < 1.29 is 37.9 Å². The molecule has 4 aromatic rings. The van der Waals surface area contributed by atoms with E-state index in [-0.39, 0.29) is 55.2 Å². The standard InChI is InChI=1S/C32H37ClO2.C22H39ClO.C21H35ClO.C16H27ClO.C13H25ClO.C13H19ClO.C11H23ClO/c33-31(23-24-18-19-25-10-7-8-15-28(25)22-24)34-20-21-35-32-29(26-11-3-1-4-12-26)16-9-17-30(32)27-13-5-2-6-14-27;23-21(24-17-14-19-10-4-1-5-11-19)18-22(15-8-3-9-16-22)20-12-6-2-7-13-20;1-21(2,18-6-4-3-5-7-18)13-19(22)23-20-16-9-14-8-15(11-16)12-17(20)10-14;1-10(2)6-7-16(17)18-15-9-11-8-14(15)13-5-3-4-12(11)13;1-10(2)8-13(14)15-9-12-6-4-11(3)5-7-12;1-13(2,3)9-12(14)15-10-11-7-5-4-6-8-11;1-10(2,3)7-9(12)13-8-11(4,5)6/h1-6,9,11-14,16-17,24-25,28,31H,7-8,10,15,18-23H2;19-21H,1-18H2;14-20H,3-13H2,1-2H3;10-16H,3-9H2,1-2H3;10-13H,4-9H2,1-3H3;4-8,12H,9-10H2,1-3H3;9H,7-8H2,1-6H3. The first-order valence-corrected chi connectivity index (χ1v) is 62.2. The lowest BCUT2D eigenvalue weighted by atomic mass is 9.55. The van der Waals surface area contributed by atoms with E-state index in [1.54, 1.807) is 0 Å². The third-order valence-electron chi connectivity index (χ3n) is 35.7. The minimum absolute atomic E-state index is 0.0448. The van der Waals surface area contributed by atoms with Crippen molar-refractivity contribution in [2.24, 2.45) is 134 Å². The number of fused-ring (bicyclic) bond motifs is 6. The smallest absolute Gasteiger partial charge is 0.135 e. The lowest BCUT2D eigenvalue weighted by Crippen LogP contribution is -2.50. The van der Waals surface area contributed by atoms with Crippen LogP contribution >= 0.6 is 81.2 Å². The van der Waals surface area contributed by atoms with E-state index in [9.17, 15) is 0 Å². The Bertz CT molecular complexity index is 3920. The van der Waals surface area contributed by atoms with Gasteiger partial charge in [-0.3, -0.25) is 0 Å². The molecule has 14 fully saturated rings. The lowest BCUT2D eigenvalue weighted by molar-refractivity contribution is -0.141. The maximum absolute atomic E-state index is 6.75. The second kappa shape index (κ2) is 62.2. The predicted octanol–water partition coefficient (Wildman–Crippen LogP) is 40.3. The van der Waals surface area contributed by atoms with Crippen molar-refractivity contribution in [2.45, 2.75) is 490 Å². The highest BCUT2D eigenvalue weighted by Crippen LogP contribution is 2.61. The van der Waals surface area contributed by atoms with Crippen LogP contribution in [0.25, 0.3) is 22.3 Å². The molecule has 0 amide bonds. The molecule has 0 spiro atoms. The van der Waals surface area contributed by atoms with Gasteiger partial charge in [0.25, 0.3) is 0 Å². The molecule has 15 heteroatoms. The van der Waals surface area contributed by atoms with Crippen molar-refractivity contribution >= 4 is 81.2 Å². The molecule has 0 N–H and O–H groups in total. The van der Waals surface area contributed by atoms with Crippen LogP contribution in [-0.2, 0) is 39.8 Å². The number of halogens is 7. The summed E-state index contributed by atoms with van der Waals surface area (Å²) in [4.78, 5) is 0.